The predicted molar refractivity (Wildman–Crippen MR) is 145 cm³/mol. The largest absolute Gasteiger partial charge is 0.496 e. The lowest BCUT2D eigenvalue weighted by atomic mass is 10.0. The number of rotatable bonds is 4. The fourth-order valence-electron chi connectivity index (χ4n) is 3.77. The maximum absolute atomic E-state index is 13.5. The number of halogens is 2. The smallest absolute Gasteiger partial charge is 0.271 e. The van der Waals surface area contributed by atoms with Crippen LogP contribution in [0.25, 0.3) is 11.8 Å². The van der Waals surface area contributed by atoms with Gasteiger partial charge in [-0.25, -0.2) is 4.99 Å². The average Bonchev–Trinajstić information content (AvgIpc) is 3.15. The lowest BCUT2D eigenvalue weighted by molar-refractivity contribution is 0.412. The number of allylic oxidation sites excluding steroid dienone is 1. The van der Waals surface area contributed by atoms with Crippen molar-refractivity contribution in [1.82, 2.24) is 4.57 Å². The van der Waals surface area contributed by atoms with E-state index in [4.69, 9.17) is 9.73 Å². The van der Waals surface area contributed by atoms with Crippen molar-refractivity contribution >= 4 is 61.6 Å². The SMILES string of the molecule is COc1ccc(C=c2sc3n(c2=O)C(c2ccc(Br)cc2)C=C(c2ccccc2)N=3)cc1I. The number of aromatic nitrogens is 1. The van der Waals surface area contributed by atoms with E-state index in [0.29, 0.717) is 9.33 Å². The van der Waals surface area contributed by atoms with Gasteiger partial charge in [-0.15, -0.1) is 0 Å². The molecule has 1 atom stereocenters. The minimum atomic E-state index is -0.234. The van der Waals surface area contributed by atoms with Gasteiger partial charge >= 0.3 is 0 Å². The number of fused-ring (bicyclic) bond motifs is 1. The molecule has 2 heterocycles. The van der Waals surface area contributed by atoms with E-state index in [1.165, 1.54) is 11.3 Å². The summed E-state index contributed by atoms with van der Waals surface area (Å²) in [7, 11) is 1.65. The molecule has 1 unspecified atom stereocenters. The second-order valence-corrected chi connectivity index (χ2v) is 10.6. The number of nitrogens with zero attached hydrogens (tertiary/aromatic N) is 2. The summed E-state index contributed by atoms with van der Waals surface area (Å²) in [6.07, 6.45) is 4.00. The molecule has 164 valence electrons. The summed E-state index contributed by atoms with van der Waals surface area (Å²) >= 11 is 7.16. The molecule has 0 N–H and O–H groups in total. The molecule has 4 nitrogen and oxygen atoms in total. The van der Waals surface area contributed by atoms with Crippen molar-refractivity contribution < 1.29 is 4.74 Å². The van der Waals surface area contributed by atoms with Crippen LogP contribution in [0, 0.1) is 3.57 Å². The molecule has 0 saturated heterocycles. The van der Waals surface area contributed by atoms with Crippen molar-refractivity contribution in [1.29, 1.82) is 0 Å². The van der Waals surface area contributed by atoms with E-state index < -0.39 is 0 Å². The molecular weight excluding hydrogens is 611 g/mol. The van der Waals surface area contributed by atoms with Gasteiger partial charge in [-0.3, -0.25) is 9.36 Å². The summed E-state index contributed by atoms with van der Waals surface area (Å²) in [5.41, 5.74) is 3.85. The molecule has 5 rings (SSSR count). The lowest BCUT2D eigenvalue weighted by Gasteiger charge is -2.19. The highest BCUT2D eigenvalue weighted by Gasteiger charge is 2.22. The van der Waals surface area contributed by atoms with Crippen LogP contribution >= 0.6 is 49.9 Å². The van der Waals surface area contributed by atoms with E-state index in [0.717, 1.165) is 36.2 Å². The van der Waals surface area contributed by atoms with E-state index in [9.17, 15) is 4.79 Å². The Bertz CT molecular complexity index is 1540. The van der Waals surface area contributed by atoms with Gasteiger partial charge in [0, 0.05) is 4.47 Å². The van der Waals surface area contributed by atoms with Gasteiger partial charge in [0.15, 0.2) is 4.80 Å². The van der Waals surface area contributed by atoms with Gasteiger partial charge in [0.05, 0.1) is 27.0 Å². The number of benzene rings is 3. The number of hydrogen-bond donors (Lipinski definition) is 0. The molecule has 0 bridgehead atoms. The van der Waals surface area contributed by atoms with Gasteiger partial charge in [-0.2, -0.15) is 0 Å². The summed E-state index contributed by atoms with van der Waals surface area (Å²) in [6, 6.07) is 23.8. The zero-order valence-electron chi connectivity index (χ0n) is 17.5. The van der Waals surface area contributed by atoms with Crippen LogP contribution in [0.15, 0.2) is 93.1 Å². The molecule has 1 aliphatic heterocycles. The Kier molecular flexibility index (Phi) is 6.36. The van der Waals surface area contributed by atoms with Gasteiger partial charge in [-0.1, -0.05) is 75.8 Å². The monoisotopic (exact) mass is 628 g/mol. The van der Waals surface area contributed by atoms with Gasteiger partial charge in [-0.05, 0) is 75.7 Å². The highest BCUT2D eigenvalue weighted by Crippen LogP contribution is 2.28. The molecule has 3 aromatic carbocycles. The van der Waals surface area contributed by atoms with Crippen LogP contribution in [0.1, 0.15) is 22.7 Å². The zero-order chi connectivity index (χ0) is 22.9. The van der Waals surface area contributed by atoms with Crippen LogP contribution in [0.3, 0.4) is 0 Å². The van der Waals surface area contributed by atoms with Crippen LogP contribution < -0.4 is 19.6 Å². The first-order valence-corrected chi connectivity index (χ1v) is 12.9. The first-order valence-electron chi connectivity index (χ1n) is 10.2. The molecule has 0 amide bonds. The topological polar surface area (TPSA) is 43.6 Å². The fourth-order valence-corrected chi connectivity index (χ4v) is 5.81. The number of thiazole rings is 1. The molecule has 0 fully saturated rings. The van der Waals surface area contributed by atoms with E-state index in [2.05, 4.69) is 44.6 Å². The molecule has 0 spiro atoms. The van der Waals surface area contributed by atoms with E-state index in [-0.39, 0.29) is 11.6 Å². The van der Waals surface area contributed by atoms with Crippen LogP contribution in [-0.4, -0.2) is 11.7 Å². The highest BCUT2D eigenvalue weighted by molar-refractivity contribution is 14.1. The Morgan fingerprint density at radius 3 is 2.55 bits per heavy atom. The van der Waals surface area contributed by atoms with Crippen molar-refractivity contribution in [3.8, 4) is 5.75 Å². The van der Waals surface area contributed by atoms with Crippen LogP contribution in [-0.2, 0) is 0 Å². The third kappa shape index (κ3) is 4.49. The minimum absolute atomic E-state index is 0.0409. The maximum atomic E-state index is 13.5. The molecular formula is C26H18BrIN2O2S. The third-order valence-electron chi connectivity index (χ3n) is 5.40. The summed E-state index contributed by atoms with van der Waals surface area (Å²) in [5, 5.41) is 0. The van der Waals surface area contributed by atoms with Crippen LogP contribution in [0.2, 0.25) is 0 Å². The maximum Gasteiger partial charge on any atom is 0.271 e. The molecule has 0 aliphatic carbocycles. The quantitative estimate of drug-likeness (QED) is 0.285. The van der Waals surface area contributed by atoms with Gasteiger partial charge in [0.25, 0.3) is 5.56 Å². The van der Waals surface area contributed by atoms with Gasteiger partial charge < -0.3 is 4.74 Å². The first kappa shape index (κ1) is 22.3. The van der Waals surface area contributed by atoms with Gasteiger partial charge in [0.1, 0.15) is 5.75 Å². The summed E-state index contributed by atoms with van der Waals surface area (Å²) in [6.45, 7) is 0. The summed E-state index contributed by atoms with van der Waals surface area (Å²) in [5.74, 6) is 0.817. The third-order valence-corrected chi connectivity index (χ3v) is 7.76. The van der Waals surface area contributed by atoms with Crippen LogP contribution in [0.5, 0.6) is 5.75 Å². The predicted octanol–water partition coefficient (Wildman–Crippen LogP) is 5.38. The Labute approximate surface area is 216 Å². The minimum Gasteiger partial charge on any atom is -0.496 e. The molecule has 4 aromatic rings. The van der Waals surface area contributed by atoms with Crippen LogP contribution in [0.4, 0.5) is 0 Å². The molecule has 1 aliphatic rings. The molecule has 0 saturated carbocycles. The number of ether oxygens (including phenoxy) is 1. The normalized spacial score (nSPS) is 15.5. The fraction of sp³-hybridized carbons (Fsp3) is 0.0769. The molecule has 1 aromatic heterocycles. The van der Waals surface area contributed by atoms with Gasteiger partial charge in [0.2, 0.25) is 0 Å². The zero-order valence-corrected chi connectivity index (χ0v) is 22.1. The Morgan fingerprint density at radius 1 is 1.09 bits per heavy atom. The number of hydrogen-bond acceptors (Lipinski definition) is 4. The summed E-state index contributed by atoms with van der Waals surface area (Å²) < 4.78 is 9.80. The summed E-state index contributed by atoms with van der Waals surface area (Å²) in [4.78, 5) is 19.1. The first-order chi connectivity index (χ1) is 16.0. The van der Waals surface area contributed by atoms with E-state index in [1.54, 1.807) is 11.7 Å². The Balaban J connectivity index is 1.70. The Hall–Kier alpha value is -2.49. The lowest BCUT2D eigenvalue weighted by Crippen LogP contribution is -2.36. The standard InChI is InChI=1S/C26H18BrIN2O2S/c1-32-23-12-7-16(13-20(23)28)14-24-25(31)30-22(18-8-10-19(27)11-9-18)15-21(29-26(30)33-24)17-5-3-2-4-6-17/h2-15,22H,1H3. The van der Waals surface area contributed by atoms with Crippen molar-refractivity contribution in [2.45, 2.75) is 6.04 Å². The Morgan fingerprint density at radius 2 is 1.85 bits per heavy atom. The average molecular weight is 629 g/mol. The second kappa shape index (κ2) is 9.40. The second-order valence-electron chi connectivity index (χ2n) is 7.49. The molecule has 33 heavy (non-hydrogen) atoms. The van der Waals surface area contributed by atoms with Crippen molar-refractivity contribution in [3.63, 3.8) is 0 Å². The molecule has 7 heteroatoms. The highest BCUT2D eigenvalue weighted by atomic mass is 127. The molecule has 0 radical (unpaired) electrons. The van der Waals surface area contributed by atoms with Crippen molar-refractivity contribution in [2.24, 2.45) is 4.99 Å². The number of methoxy groups -OCH3 is 1. The van der Waals surface area contributed by atoms with E-state index >= 15 is 0 Å². The van der Waals surface area contributed by atoms with Crippen molar-refractivity contribution in [2.75, 3.05) is 7.11 Å². The van der Waals surface area contributed by atoms with E-state index in [1.807, 2.05) is 78.9 Å². The van der Waals surface area contributed by atoms with Crippen molar-refractivity contribution in [3.05, 3.63) is 123 Å².